The summed E-state index contributed by atoms with van der Waals surface area (Å²) in [5, 5.41) is 6.58. The van der Waals surface area contributed by atoms with Gasteiger partial charge in [-0.2, -0.15) is 11.8 Å². The Labute approximate surface area is 144 Å². The number of thioether (sulfide) groups is 1. The maximum atomic E-state index is 5.61. The molecule has 0 fully saturated rings. The Hall–Kier alpha value is -1.56. The quantitative estimate of drug-likeness (QED) is 0.387. The number of aliphatic imine (C=N–C) groups is 1. The molecule has 0 aromatic heterocycles. The van der Waals surface area contributed by atoms with Gasteiger partial charge < -0.3 is 20.1 Å². The van der Waals surface area contributed by atoms with Gasteiger partial charge in [-0.1, -0.05) is 0 Å². The third-order valence-corrected chi connectivity index (χ3v) is 3.79. The van der Waals surface area contributed by atoms with Crippen molar-refractivity contribution >= 4 is 23.4 Å². The van der Waals surface area contributed by atoms with Gasteiger partial charge in [0.05, 0.1) is 13.7 Å². The van der Waals surface area contributed by atoms with Crippen LogP contribution in [0.5, 0.6) is 11.5 Å². The Bertz CT molecular complexity index is 481. The summed E-state index contributed by atoms with van der Waals surface area (Å²) in [6, 6.07) is 5.79. The number of ether oxygens (including phenoxy) is 2. The molecule has 5 nitrogen and oxygen atoms in total. The predicted octanol–water partition coefficient (Wildman–Crippen LogP) is 3.61. The molecule has 0 aliphatic carbocycles. The third-order valence-electron chi connectivity index (χ3n) is 3.10. The number of nitrogens with one attached hydrogen (secondary N) is 2. The van der Waals surface area contributed by atoms with E-state index in [2.05, 4.69) is 28.8 Å². The first-order valence-electron chi connectivity index (χ1n) is 8.10. The van der Waals surface area contributed by atoms with E-state index < -0.39 is 0 Å². The van der Waals surface area contributed by atoms with Crippen LogP contribution in [0.3, 0.4) is 0 Å². The lowest BCUT2D eigenvalue weighted by molar-refractivity contribution is 0.311. The van der Waals surface area contributed by atoms with Crippen molar-refractivity contribution < 1.29 is 9.47 Å². The lowest BCUT2D eigenvalue weighted by Gasteiger charge is -2.14. The monoisotopic (exact) mass is 339 g/mol. The van der Waals surface area contributed by atoms with Crippen molar-refractivity contribution in [2.75, 3.05) is 44.1 Å². The highest BCUT2D eigenvalue weighted by Crippen LogP contribution is 2.30. The molecule has 0 aliphatic heterocycles. The second-order valence-corrected chi connectivity index (χ2v) is 5.87. The Kier molecular flexibility index (Phi) is 10.1. The summed E-state index contributed by atoms with van der Waals surface area (Å²) in [7, 11) is 1.64. The highest BCUT2D eigenvalue weighted by Gasteiger charge is 2.06. The van der Waals surface area contributed by atoms with E-state index in [-0.39, 0.29) is 0 Å². The molecule has 130 valence electrons. The molecule has 0 atom stereocenters. The van der Waals surface area contributed by atoms with Gasteiger partial charge in [0.2, 0.25) is 0 Å². The lowest BCUT2D eigenvalue weighted by Crippen LogP contribution is -2.30. The minimum atomic E-state index is 0.601. The van der Waals surface area contributed by atoms with Crippen LogP contribution in [-0.2, 0) is 0 Å². The molecule has 0 aliphatic rings. The smallest absolute Gasteiger partial charge is 0.195 e. The molecule has 0 saturated heterocycles. The summed E-state index contributed by atoms with van der Waals surface area (Å²) >= 11 is 1.88. The fourth-order valence-electron chi connectivity index (χ4n) is 2.02. The number of anilines is 1. The molecule has 23 heavy (non-hydrogen) atoms. The largest absolute Gasteiger partial charge is 0.493 e. The van der Waals surface area contributed by atoms with Gasteiger partial charge >= 0.3 is 0 Å². The van der Waals surface area contributed by atoms with E-state index in [0.717, 1.165) is 42.7 Å². The summed E-state index contributed by atoms with van der Waals surface area (Å²) < 4.78 is 10.9. The molecule has 1 aromatic rings. The van der Waals surface area contributed by atoms with Gasteiger partial charge in [0.1, 0.15) is 0 Å². The van der Waals surface area contributed by atoms with E-state index in [1.807, 2.05) is 36.9 Å². The highest BCUT2D eigenvalue weighted by atomic mass is 32.2. The molecule has 0 saturated carbocycles. The molecule has 0 unspecified atom stereocenters. The average Bonchev–Trinajstić information content (AvgIpc) is 2.55. The summed E-state index contributed by atoms with van der Waals surface area (Å²) in [4.78, 5) is 4.61. The van der Waals surface area contributed by atoms with E-state index in [0.29, 0.717) is 6.61 Å². The zero-order valence-electron chi connectivity index (χ0n) is 14.6. The topological polar surface area (TPSA) is 54.9 Å². The Balaban J connectivity index is 2.71. The minimum Gasteiger partial charge on any atom is -0.493 e. The summed E-state index contributed by atoms with van der Waals surface area (Å²) in [5.41, 5.74) is 0.929. The van der Waals surface area contributed by atoms with Crippen molar-refractivity contribution in [2.45, 2.75) is 26.7 Å². The van der Waals surface area contributed by atoms with E-state index in [4.69, 9.17) is 9.47 Å². The molecular formula is C17H29N3O2S. The standard InChI is InChI=1S/C17H29N3O2S/c1-5-18-17(19-11-7-8-12-23-4)20-14-9-10-15(21-3)16(13-14)22-6-2/h9-10,13H,5-8,11-12H2,1-4H3,(H2,18,19,20). The van der Waals surface area contributed by atoms with Crippen LogP contribution in [0.1, 0.15) is 26.7 Å². The van der Waals surface area contributed by atoms with Crippen LogP contribution in [0.25, 0.3) is 0 Å². The second kappa shape index (κ2) is 11.9. The van der Waals surface area contributed by atoms with Gasteiger partial charge in [-0.05, 0) is 50.8 Å². The molecule has 0 spiro atoms. The van der Waals surface area contributed by atoms with Crippen LogP contribution < -0.4 is 20.1 Å². The minimum absolute atomic E-state index is 0.601. The summed E-state index contributed by atoms with van der Waals surface area (Å²) in [5.74, 6) is 3.45. The number of rotatable bonds is 10. The van der Waals surface area contributed by atoms with Gasteiger partial charge in [-0.15, -0.1) is 0 Å². The molecule has 6 heteroatoms. The number of nitrogens with zero attached hydrogens (tertiary/aromatic N) is 1. The van der Waals surface area contributed by atoms with Gasteiger partial charge in [0, 0.05) is 24.8 Å². The maximum Gasteiger partial charge on any atom is 0.195 e. The first kappa shape index (κ1) is 19.5. The van der Waals surface area contributed by atoms with Crippen molar-refractivity contribution in [2.24, 2.45) is 4.99 Å². The molecule has 0 bridgehead atoms. The number of benzene rings is 1. The Morgan fingerprint density at radius 2 is 2.04 bits per heavy atom. The first-order valence-corrected chi connectivity index (χ1v) is 9.49. The summed E-state index contributed by atoms with van der Waals surface area (Å²) in [6.45, 7) is 6.27. The molecule has 2 N–H and O–H groups in total. The molecule has 0 radical (unpaired) electrons. The Morgan fingerprint density at radius 3 is 2.70 bits per heavy atom. The van der Waals surface area contributed by atoms with Gasteiger partial charge in [-0.25, -0.2) is 0 Å². The first-order chi connectivity index (χ1) is 11.2. The van der Waals surface area contributed by atoms with Gasteiger partial charge in [0.15, 0.2) is 17.5 Å². The van der Waals surface area contributed by atoms with Crippen LogP contribution in [-0.4, -0.2) is 44.8 Å². The average molecular weight is 340 g/mol. The fraction of sp³-hybridized carbons (Fsp3) is 0.588. The van der Waals surface area contributed by atoms with Crippen LogP contribution in [0.15, 0.2) is 23.2 Å². The van der Waals surface area contributed by atoms with Crippen LogP contribution >= 0.6 is 11.8 Å². The van der Waals surface area contributed by atoms with Crippen molar-refractivity contribution in [3.8, 4) is 11.5 Å². The molecule has 1 aromatic carbocycles. The molecule has 0 amide bonds. The SMILES string of the molecule is CCNC(=NCCCCSC)Nc1ccc(OC)c(OCC)c1. The predicted molar refractivity (Wildman–Crippen MR) is 101 cm³/mol. The van der Waals surface area contributed by atoms with Crippen LogP contribution in [0.2, 0.25) is 0 Å². The van der Waals surface area contributed by atoms with E-state index >= 15 is 0 Å². The maximum absolute atomic E-state index is 5.61. The van der Waals surface area contributed by atoms with Crippen LogP contribution in [0.4, 0.5) is 5.69 Å². The zero-order chi connectivity index (χ0) is 16.9. The second-order valence-electron chi connectivity index (χ2n) is 4.88. The van der Waals surface area contributed by atoms with E-state index in [9.17, 15) is 0 Å². The highest BCUT2D eigenvalue weighted by molar-refractivity contribution is 7.98. The lowest BCUT2D eigenvalue weighted by atomic mass is 10.2. The third kappa shape index (κ3) is 7.50. The zero-order valence-corrected chi connectivity index (χ0v) is 15.5. The number of methoxy groups -OCH3 is 1. The van der Waals surface area contributed by atoms with E-state index in [1.54, 1.807) is 7.11 Å². The van der Waals surface area contributed by atoms with Crippen molar-refractivity contribution in [1.82, 2.24) is 5.32 Å². The molecular weight excluding hydrogens is 310 g/mol. The summed E-state index contributed by atoms with van der Waals surface area (Å²) in [6.07, 6.45) is 4.43. The Morgan fingerprint density at radius 1 is 1.22 bits per heavy atom. The van der Waals surface area contributed by atoms with Crippen molar-refractivity contribution in [3.05, 3.63) is 18.2 Å². The number of hydrogen-bond donors (Lipinski definition) is 2. The van der Waals surface area contributed by atoms with E-state index in [1.165, 1.54) is 12.2 Å². The van der Waals surface area contributed by atoms with Gasteiger partial charge in [-0.3, -0.25) is 4.99 Å². The van der Waals surface area contributed by atoms with Crippen molar-refractivity contribution in [3.63, 3.8) is 0 Å². The number of unbranched alkanes of at least 4 members (excludes halogenated alkanes) is 1. The normalized spacial score (nSPS) is 11.2. The molecule has 1 rings (SSSR count). The van der Waals surface area contributed by atoms with Crippen LogP contribution in [0, 0.1) is 0 Å². The van der Waals surface area contributed by atoms with Gasteiger partial charge in [0.25, 0.3) is 0 Å². The van der Waals surface area contributed by atoms with Crippen molar-refractivity contribution in [1.29, 1.82) is 0 Å². The number of guanidine groups is 1. The molecule has 0 heterocycles. The number of hydrogen-bond acceptors (Lipinski definition) is 4. The fourth-order valence-corrected chi connectivity index (χ4v) is 2.51.